The number of benzene rings is 1. The Balaban J connectivity index is 2.27. The summed E-state index contributed by atoms with van der Waals surface area (Å²) in [5, 5.41) is 3.11. The molecule has 1 saturated heterocycles. The van der Waals surface area contributed by atoms with Crippen LogP contribution in [0.4, 0.5) is 8.78 Å². The lowest BCUT2D eigenvalue weighted by Gasteiger charge is -2.35. The zero-order chi connectivity index (χ0) is 13.1. The van der Waals surface area contributed by atoms with E-state index >= 15 is 0 Å². The van der Waals surface area contributed by atoms with Crippen LogP contribution in [0, 0.1) is 11.6 Å². The molecule has 0 bridgehead atoms. The maximum Gasteiger partial charge on any atom is 0.257 e. The van der Waals surface area contributed by atoms with Crippen LogP contribution in [0.5, 0.6) is 0 Å². The number of carbonyl (C=O) groups excluding carboxylic acids is 1. The van der Waals surface area contributed by atoms with Crippen molar-refractivity contribution < 1.29 is 13.6 Å². The predicted molar refractivity (Wildman–Crippen MR) is 63.1 cm³/mol. The van der Waals surface area contributed by atoms with Gasteiger partial charge in [0.25, 0.3) is 5.91 Å². The number of nitrogens with two attached hydrogens (primary N) is 1. The standard InChI is InChI=1S/C12H15F2N3O/c13-10-3-1-2-9(11(10)14)12(18)17-5-4-16-7-8(17)6-15/h1-3,8,16H,4-7,15H2. The Labute approximate surface area is 104 Å². The minimum Gasteiger partial charge on any atom is -0.332 e. The number of hydrogen-bond donors (Lipinski definition) is 2. The molecule has 1 aromatic rings. The second kappa shape index (κ2) is 5.41. The number of piperazine rings is 1. The van der Waals surface area contributed by atoms with Crippen molar-refractivity contribution in [3.05, 3.63) is 35.4 Å². The fraction of sp³-hybridized carbons (Fsp3) is 0.417. The molecule has 1 aliphatic rings. The van der Waals surface area contributed by atoms with Gasteiger partial charge < -0.3 is 16.0 Å². The topological polar surface area (TPSA) is 58.4 Å². The summed E-state index contributed by atoms with van der Waals surface area (Å²) in [6.45, 7) is 1.92. The minimum atomic E-state index is -1.10. The molecule has 98 valence electrons. The van der Waals surface area contributed by atoms with E-state index in [4.69, 9.17) is 5.73 Å². The quantitative estimate of drug-likeness (QED) is 0.801. The zero-order valence-electron chi connectivity index (χ0n) is 9.83. The van der Waals surface area contributed by atoms with E-state index < -0.39 is 17.5 Å². The molecule has 1 heterocycles. The van der Waals surface area contributed by atoms with Gasteiger partial charge in [-0.3, -0.25) is 4.79 Å². The van der Waals surface area contributed by atoms with Crippen LogP contribution in [-0.2, 0) is 0 Å². The summed E-state index contributed by atoms with van der Waals surface area (Å²) in [7, 11) is 0. The van der Waals surface area contributed by atoms with E-state index in [0.717, 1.165) is 6.07 Å². The minimum absolute atomic E-state index is 0.186. The van der Waals surface area contributed by atoms with Crippen molar-refractivity contribution in [2.45, 2.75) is 6.04 Å². The van der Waals surface area contributed by atoms with Gasteiger partial charge in [0.1, 0.15) is 0 Å². The number of rotatable bonds is 2. The van der Waals surface area contributed by atoms with Crippen LogP contribution in [0.15, 0.2) is 18.2 Å². The van der Waals surface area contributed by atoms with Crippen molar-refractivity contribution in [1.82, 2.24) is 10.2 Å². The summed E-state index contributed by atoms with van der Waals surface area (Å²) >= 11 is 0. The van der Waals surface area contributed by atoms with Gasteiger partial charge in [0.15, 0.2) is 11.6 Å². The maximum atomic E-state index is 13.6. The number of hydrogen-bond acceptors (Lipinski definition) is 3. The summed E-state index contributed by atoms with van der Waals surface area (Å²) in [6, 6.07) is 3.42. The highest BCUT2D eigenvalue weighted by Crippen LogP contribution is 2.16. The lowest BCUT2D eigenvalue weighted by molar-refractivity contribution is 0.0639. The molecule has 3 N–H and O–H groups in total. The maximum absolute atomic E-state index is 13.6. The number of nitrogens with one attached hydrogen (secondary N) is 1. The summed E-state index contributed by atoms with van der Waals surface area (Å²) in [4.78, 5) is 13.7. The first kappa shape index (κ1) is 12.9. The Morgan fingerprint density at radius 2 is 2.28 bits per heavy atom. The SMILES string of the molecule is NCC1CNCCN1C(=O)c1cccc(F)c1F. The third kappa shape index (κ3) is 2.34. The third-order valence-corrected chi connectivity index (χ3v) is 3.07. The van der Waals surface area contributed by atoms with Gasteiger partial charge in [0.05, 0.1) is 11.6 Å². The van der Waals surface area contributed by atoms with E-state index in [1.807, 2.05) is 0 Å². The van der Waals surface area contributed by atoms with Gasteiger partial charge in [-0.2, -0.15) is 0 Å². The highest BCUT2D eigenvalue weighted by molar-refractivity contribution is 5.94. The van der Waals surface area contributed by atoms with Crippen LogP contribution < -0.4 is 11.1 Å². The molecule has 1 aliphatic heterocycles. The first-order valence-corrected chi connectivity index (χ1v) is 5.81. The molecule has 0 spiro atoms. The molecule has 0 aromatic heterocycles. The molecule has 1 amide bonds. The Morgan fingerprint density at radius 3 is 3.00 bits per heavy atom. The molecule has 0 aliphatic carbocycles. The van der Waals surface area contributed by atoms with Gasteiger partial charge in [-0.25, -0.2) is 8.78 Å². The van der Waals surface area contributed by atoms with E-state index in [1.165, 1.54) is 17.0 Å². The zero-order valence-corrected chi connectivity index (χ0v) is 9.83. The molecule has 1 atom stereocenters. The molecule has 18 heavy (non-hydrogen) atoms. The summed E-state index contributed by atoms with van der Waals surface area (Å²) < 4.78 is 26.7. The lowest BCUT2D eigenvalue weighted by atomic mass is 10.1. The number of amides is 1. The fourth-order valence-corrected chi connectivity index (χ4v) is 2.06. The largest absolute Gasteiger partial charge is 0.332 e. The smallest absolute Gasteiger partial charge is 0.257 e. The van der Waals surface area contributed by atoms with E-state index in [9.17, 15) is 13.6 Å². The molecular formula is C12H15F2N3O. The van der Waals surface area contributed by atoms with Crippen LogP contribution in [-0.4, -0.2) is 43.0 Å². The molecule has 1 aromatic carbocycles. The molecule has 0 radical (unpaired) electrons. The highest BCUT2D eigenvalue weighted by Gasteiger charge is 2.28. The summed E-state index contributed by atoms with van der Waals surface area (Å²) in [5.41, 5.74) is 5.34. The van der Waals surface area contributed by atoms with Crippen LogP contribution in [0.25, 0.3) is 0 Å². The molecule has 2 rings (SSSR count). The molecule has 4 nitrogen and oxygen atoms in total. The van der Waals surface area contributed by atoms with Crippen LogP contribution >= 0.6 is 0 Å². The second-order valence-electron chi connectivity index (χ2n) is 4.19. The Morgan fingerprint density at radius 1 is 1.50 bits per heavy atom. The molecule has 1 fully saturated rings. The Kier molecular flexibility index (Phi) is 3.88. The van der Waals surface area contributed by atoms with E-state index in [0.29, 0.717) is 19.6 Å². The van der Waals surface area contributed by atoms with Crippen molar-refractivity contribution in [2.24, 2.45) is 5.73 Å². The van der Waals surface area contributed by atoms with Gasteiger partial charge in [-0.1, -0.05) is 6.07 Å². The van der Waals surface area contributed by atoms with E-state index in [2.05, 4.69) is 5.32 Å². The van der Waals surface area contributed by atoms with Crippen LogP contribution in [0.1, 0.15) is 10.4 Å². The number of carbonyl (C=O) groups is 1. The summed E-state index contributed by atoms with van der Waals surface area (Å²) in [6.07, 6.45) is 0. The Bertz CT molecular complexity index is 453. The van der Waals surface area contributed by atoms with E-state index in [1.54, 1.807) is 0 Å². The lowest BCUT2D eigenvalue weighted by Crippen LogP contribution is -2.56. The fourth-order valence-electron chi connectivity index (χ4n) is 2.06. The number of halogens is 2. The van der Waals surface area contributed by atoms with Crippen LogP contribution in [0.3, 0.4) is 0 Å². The van der Waals surface area contributed by atoms with Gasteiger partial charge in [0, 0.05) is 26.2 Å². The molecular weight excluding hydrogens is 240 g/mol. The monoisotopic (exact) mass is 255 g/mol. The van der Waals surface area contributed by atoms with Gasteiger partial charge in [0.2, 0.25) is 0 Å². The molecule has 0 saturated carbocycles. The average Bonchev–Trinajstić information content (AvgIpc) is 2.41. The second-order valence-corrected chi connectivity index (χ2v) is 4.19. The number of nitrogens with zero attached hydrogens (tertiary/aromatic N) is 1. The summed E-state index contributed by atoms with van der Waals surface area (Å²) in [5.74, 6) is -2.62. The molecule has 6 heteroatoms. The molecule has 1 unspecified atom stereocenters. The first-order valence-electron chi connectivity index (χ1n) is 5.81. The van der Waals surface area contributed by atoms with Gasteiger partial charge >= 0.3 is 0 Å². The highest BCUT2D eigenvalue weighted by atomic mass is 19.2. The average molecular weight is 255 g/mol. The van der Waals surface area contributed by atoms with E-state index in [-0.39, 0.29) is 18.2 Å². The van der Waals surface area contributed by atoms with Crippen molar-refractivity contribution in [3.63, 3.8) is 0 Å². The first-order chi connectivity index (χ1) is 8.65. The van der Waals surface area contributed by atoms with Gasteiger partial charge in [-0.05, 0) is 12.1 Å². The Hall–Kier alpha value is -1.53. The van der Waals surface area contributed by atoms with Gasteiger partial charge in [-0.15, -0.1) is 0 Å². The van der Waals surface area contributed by atoms with Crippen molar-refractivity contribution in [3.8, 4) is 0 Å². The third-order valence-electron chi connectivity index (χ3n) is 3.07. The predicted octanol–water partition coefficient (Wildman–Crippen LogP) is 0.338. The van der Waals surface area contributed by atoms with Crippen molar-refractivity contribution >= 4 is 5.91 Å². The normalized spacial score (nSPS) is 19.9. The van der Waals surface area contributed by atoms with Crippen LogP contribution in [0.2, 0.25) is 0 Å². The van der Waals surface area contributed by atoms with Crippen molar-refractivity contribution in [2.75, 3.05) is 26.2 Å². The van der Waals surface area contributed by atoms with Crippen molar-refractivity contribution in [1.29, 1.82) is 0 Å².